The van der Waals surface area contributed by atoms with Gasteiger partial charge in [-0.1, -0.05) is 30.7 Å². The Morgan fingerprint density at radius 1 is 1.44 bits per heavy atom. The summed E-state index contributed by atoms with van der Waals surface area (Å²) < 4.78 is 34.3. The van der Waals surface area contributed by atoms with E-state index < -0.39 is 6.61 Å². The molecule has 0 aliphatic rings. The number of benzene rings is 1. The summed E-state index contributed by atoms with van der Waals surface area (Å²) in [6, 6.07) is 4.97. The van der Waals surface area contributed by atoms with E-state index in [2.05, 4.69) is 4.74 Å². The molecule has 100 valence electrons. The van der Waals surface area contributed by atoms with Gasteiger partial charge in [-0.15, -0.1) is 11.6 Å². The molecule has 2 nitrogen and oxygen atoms in total. The van der Waals surface area contributed by atoms with Crippen molar-refractivity contribution in [2.24, 2.45) is 0 Å². The van der Waals surface area contributed by atoms with Gasteiger partial charge < -0.3 is 9.47 Å². The molecule has 0 saturated carbocycles. The van der Waals surface area contributed by atoms with Crippen LogP contribution in [0.2, 0.25) is 0 Å². The molecule has 0 bridgehead atoms. The van der Waals surface area contributed by atoms with Crippen LogP contribution in [0.4, 0.5) is 8.78 Å². The third-order valence-electron chi connectivity index (χ3n) is 2.42. The zero-order valence-corrected chi connectivity index (χ0v) is 11.0. The van der Waals surface area contributed by atoms with Crippen LogP contribution < -0.4 is 9.47 Å². The first-order valence-electron chi connectivity index (χ1n) is 5.49. The molecule has 0 radical (unpaired) electrons. The second kappa shape index (κ2) is 7.21. The van der Waals surface area contributed by atoms with Crippen LogP contribution in [-0.2, 0) is 0 Å². The first-order chi connectivity index (χ1) is 8.62. The highest BCUT2D eigenvalue weighted by molar-refractivity contribution is 6.19. The van der Waals surface area contributed by atoms with Gasteiger partial charge in [0, 0.05) is 11.4 Å². The first-order valence-corrected chi connectivity index (χ1v) is 6.03. The van der Waals surface area contributed by atoms with Crippen LogP contribution in [0, 0.1) is 0 Å². The number of allylic oxidation sites excluding steroid dienone is 1. The molecule has 0 saturated heterocycles. The Hall–Kier alpha value is -1.29. The molecular weight excluding hydrogens is 262 g/mol. The Kier molecular flexibility index (Phi) is 5.92. The van der Waals surface area contributed by atoms with Crippen LogP contribution >= 0.6 is 11.6 Å². The van der Waals surface area contributed by atoms with E-state index in [9.17, 15) is 8.78 Å². The minimum Gasteiger partial charge on any atom is -0.493 e. The van der Waals surface area contributed by atoms with Gasteiger partial charge in [0.05, 0.1) is 7.11 Å². The molecule has 0 amide bonds. The fraction of sp³-hybridized carbons (Fsp3) is 0.385. The number of hydrogen-bond donors (Lipinski definition) is 0. The lowest BCUT2D eigenvalue weighted by Gasteiger charge is -2.13. The van der Waals surface area contributed by atoms with Crippen LogP contribution in [0.5, 0.6) is 11.5 Å². The minimum absolute atomic E-state index is 0.0334. The number of rotatable bonds is 6. The fourth-order valence-electron chi connectivity index (χ4n) is 1.48. The molecule has 1 rings (SSSR count). The molecule has 0 atom stereocenters. The molecule has 18 heavy (non-hydrogen) atoms. The van der Waals surface area contributed by atoms with E-state index in [0.717, 1.165) is 12.0 Å². The molecule has 0 N–H and O–H groups in total. The number of hydrogen-bond acceptors (Lipinski definition) is 2. The van der Waals surface area contributed by atoms with Crippen molar-refractivity contribution in [1.29, 1.82) is 0 Å². The van der Waals surface area contributed by atoms with Crippen molar-refractivity contribution in [2.75, 3.05) is 13.0 Å². The summed E-state index contributed by atoms with van der Waals surface area (Å²) in [4.78, 5) is 0. The standard InChI is InChI=1S/C13H15ClF2O2/c1-3-9(8-14)7-10-5-4-6-11(17-2)12(10)18-13(15)16/h4-7,13H,3,8H2,1-2H3. The summed E-state index contributed by atoms with van der Waals surface area (Å²) >= 11 is 5.76. The highest BCUT2D eigenvalue weighted by Crippen LogP contribution is 2.34. The molecule has 0 heterocycles. The van der Waals surface area contributed by atoms with Gasteiger partial charge >= 0.3 is 6.61 Å². The van der Waals surface area contributed by atoms with Gasteiger partial charge in [-0.05, 0) is 12.5 Å². The molecule has 0 spiro atoms. The molecule has 0 unspecified atom stereocenters. The highest BCUT2D eigenvalue weighted by Gasteiger charge is 2.14. The van der Waals surface area contributed by atoms with E-state index in [1.54, 1.807) is 24.3 Å². The first kappa shape index (κ1) is 14.8. The molecule has 0 aromatic heterocycles. The minimum atomic E-state index is -2.89. The molecule has 1 aromatic rings. The molecular formula is C13H15ClF2O2. The van der Waals surface area contributed by atoms with Gasteiger partial charge in [0.15, 0.2) is 11.5 Å². The second-order valence-electron chi connectivity index (χ2n) is 3.55. The van der Waals surface area contributed by atoms with Crippen molar-refractivity contribution in [3.8, 4) is 11.5 Å². The average molecular weight is 277 g/mol. The smallest absolute Gasteiger partial charge is 0.387 e. The number of methoxy groups -OCH3 is 1. The normalized spacial score (nSPS) is 11.8. The SMILES string of the molecule is CCC(=Cc1cccc(OC)c1OC(F)F)CCl. The molecule has 0 aliphatic carbocycles. The van der Waals surface area contributed by atoms with E-state index >= 15 is 0 Å². The van der Waals surface area contributed by atoms with Crippen LogP contribution in [0.1, 0.15) is 18.9 Å². The number of halogens is 3. The Balaban J connectivity index is 3.21. The van der Waals surface area contributed by atoms with E-state index in [1.807, 2.05) is 6.92 Å². The van der Waals surface area contributed by atoms with Crippen LogP contribution in [0.25, 0.3) is 6.08 Å². The van der Waals surface area contributed by atoms with Gasteiger partial charge in [-0.2, -0.15) is 8.78 Å². The van der Waals surface area contributed by atoms with E-state index in [-0.39, 0.29) is 11.5 Å². The van der Waals surface area contributed by atoms with Gasteiger partial charge in [-0.25, -0.2) is 0 Å². The molecule has 1 aromatic carbocycles. The van der Waals surface area contributed by atoms with E-state index in [1.165, 1.54) is 7.11 Å². The fourth-order valence-corrected chi connectivity index (χ4v) is 1.74. The molecule has 5 heteroatoms. The average Bonchev–Trinajstić information content (AvgIpc) is 2.36. The summed E-state index contributed by atoms with van der Waals surface area (Å²) in [5.74, 6) is 0.655. The summed E-state index contributed by atoms with van der Waals surface area (Å²) in [5, 5.41) is 0. The van der Waals surface area contributed by atoms with Gasteiger partial charge in [-0.3, -0.25) is 0 Å². The van der Waals surface area contributed by atoms with Crippen molar-refractivity contribution in [3.63, 3.8) is 0 Å². The van der Waals surface area contributed by atoms with Crippen molar-refractivity contribution >= 4 is 17.7 Å². The van der Waals surface area contributed by atoms with Crippen molar-refractivity contribution < 1.29 is 18.3 Å². The number of alkyl halides is 3. The third-order valence-corrected chi connectivity index (χ3v) is 2.76. The number of para-hydroxylation sites is 1. The monoisotopic (exact) mass is 276 g/mol. The highest BCUT2D eigenvalue weighted by atomic mass is 35.5. The predicted molar refractivity (Wildman–Crippen MR) is 68.6 cm³/mol. The van der Waals surface area contributed by atoms with Gasteiger partial charge in [0.25, 0.3) is 0 Å². The Morgan fingerprint density at radius 2 is 2.17 bits per heavy atom. The maximum absolute atomic E-state index is 12.4. The quantitative estimate of drug-likeness (QED) is 0.720. The van der Waals surface area contributed by atoms with Crippen LogP contribution in [0.15, 0.2) is 23.8 Å². The largest absolute Gasteiger partial charge is 0.493 e. The van der Waals surface area contributed by atoms with Crippen molar-refractivity contribution in [2.45, 2.75) is 20.0 Å². The van der Waals surface area contributed by atoms with Crippen LogP contribution in [-0.4, -0.2) is 19.6 Å². The summed E-state index contributed by atoms with van der Waals surface area (Å²) in [6.07, 6.45) is 2.49. The van der Waals surface area contributed by atoms with Crippen LogP contribution in [0.3, 0.4) is 0 Å². The van der Waals surface area contributed by atoms with E-state index in [4.69, 9.17) is 16.3 Å². The summed E-state index contributed by atoms with van der Waals surface area (Å²) in [5.41, 5.74) is 1.47. The summed E-state index contributed by atoms with van der Waals surface area (Å²) in [6.45, 7) is -0.947. The Bertz CT molecular complexity index is 413. The lowest BCUT2D eigenvalue weighted by molar-refractivity contribution is -0.0513. The predicted octanol–water partition coefficient (Wildman–Crippen LogP) is 4.33. The topological polar surface area (TPSA) is 18.5 Å². The lowest BCUT2D eigenvalue weighted by atomic mass is 10.1. The van der Waals surface area contributed by atoms with Crippen molar-refractivity contribution in [3.05, 3.63) is 29.3 Å². The van der Waals surface area contributed by atoms with Gasteiger partial charge in [0.1, 0.15) is 0 Å². The zero-order valence-electron chi connectivity index (χ0n) is 10.3. The Morgan fingerprint density at radius 3 is 2.67 bits per heavy atom. The van der Waals surface area contributed by atoms with Gasteiger partial charge in [0.2, 0.25) is 0 Å². The van der Waals surface area contributed by atoms with E-state index in [0.29, 0.717) is 11.4 Å². The molecule has 0 aliphatic heterocycles. The summed E-state index contributed by atoms with van der Waals surface area (Å²) in [7, 11) is 1.41. The zero-order chi connectivity index (χ0) is 13.5. The maximum atomic E-state index is 12.4. The maximum Gasteiger partial charge on any atom is 0.387 e. The molecule has 0 fully saturated rings. The second-order valence-corrected chi connectivity index (χ2v) is 3.81. The lowest BCUT2D eigenvalue weighted by Crippen LogP contribution is -2.05. The third kappa shape index (κ3) is 3.88. The van der Waals surface area contributed by atoms with Crippen molar-refractivity contribution in [1.82, 2.24) is 0 Å². The Labute approximate surface area is 110 Å². The number of ether oxygens (including phenoxy) is 2.